The standard InChI is InChI=1S/C21H24N6O2/c1-14-11-19(25-24-14)21(28)27-9-7-26(8-10-27)15-5-6-18-17(12-15)20(23-13-22-18)29-16-3-2-4-16/h5-6,11-13,16H,2-4,7-10H2,1H3,(H,24,25). The Bertz CT molecular complexity index is 1040. The number of hydrogen-bond acceptors (Lipinski definition) is 6. The van der Waals surface area contributed by atoms with Gasteiger partial charge in [-0.25, -0.2) is 9.97 Å². The number of ether oxygens (including phenoxy) is 1. The van der Waals surface area contributed by atoms with Gasteiger partial charge in [0.2, 0.25) is 5.88 Å². The Morgan fingerprint density at radius 1 is 1.14 bits per heavy atom. The van der Waals surface area contributed by atoms with Crippen LogP contribution >= 0.6 is 0 Å². The van der Waals surface area contributed by atoms with Crippen LogP contribution in [0.3, 0.4) is 0 Å². The molecule has 1 saturated carbocycles. The van der Waals surface area contributed by atoms with Gasteiger partial charge in [-0.1, -0.05) is 0 Å². The Kier molecular flexibility index (Phi) is 4.54. The average Bonchev–Trinajstić information content (AvgIpc) is 3.16. The fourth-order valence-electron chi connectivity index (χ4n) is 3.82. The van der Waals surface area contributed by atoms with E-state index in [-0.39, 0.29) is 12.0 Å². The number of amides is 1. The number of aromatic amines is 1. The van der Waals surface area contributed by atoms with Gasteiger partial charge in [0.25, 0.3) is 5.91 Å². The van der Waals surface area contributed by atoms with Crippen molar-refractivity contribution in [3.63, 3.8) is 0 Å². The third kappa shape index (κ3) is 3.50. The number of anilines is 1. The second-order valence-corrected chi connectivity index (χ2v) is 7.77. The Balaban J connectivity index is 1.31. The number of benzene rings is 1. The lowest BCUT2D eigenvalue weighted by Crippen LogP contribution is -2.48. The lowest BCUT2D eigenvalue weighted by molar-refractivity contribution is 0.0741. The smallest absolute Gasteiger partial charge is 0.274 e. The summed E-state index contributed by atoms with van der Waals surface area (Å²) in [6.07, 6.45) is 5.25. The van der Waals surface area contributed by atoms with Crippen LogP contribution in [0.15, 0.2) is 30.6 Å². The Morgan fingerprint density at radius 3 is 2.66 bits per heavy atom. The fourth-order valence-corrected chi connectivity index (χ4v) is 3.82. The third-order valence-corrected chi connectivity index (χ3v) is 5.77. The van der Waals surface area contributed by atoms with Gasteiger partial charge in [-0.3, -0.25) is 9.89 Å². The lowest BCUT2D eigenvalue weighted by atomic mass is 9.96. The number of nitrogens with zero attached hydrogens (tertiary/aromatic N) is 5. The van der Waals surface area contributed by atoms with Gasteiger partial charge in [0, 0.05) is 37.6 Å². The molecule has 3 aromatic rings. The van der Waals surface area contributed by atoms with Crippen molar-refractivity contribution in [3.05, 3.63) is 42.0 Å². The van der Waals surface area contributed by atoms with Gasteiger partial charge in [0.05, 0.1) is 10.9 Å². The first-order chi connectivity index (χ1) is 14.2. The molecule has 1 amide bonds. The summed E-state index contributed by atoms with van der Waals surface area (Å²) >= 11 is 0. The van der Waals surface area contributed by atoms with Gasteiger partial charge in [-0.05, 0) is 50.5 Å². The molecule has 2 fully saturated rings. The quantitative estimate of drug-likeness (QED) is 0.734. The highest BCUT2D eigenvalue weighted by molar-refractivity contribution is 5.92. The first kappa shape index (κ1) is 17.9. The molecule has 0 bridgehead atoms. The summed E-state index contributed by atoms with van der Waals surface area (Å²) in [6.45, 7) is 4.77. The molecule has 8 heteroatoms. The molecule has 0 radical (unpaired) electrons. The van der Waals surface area contributed by atoms with Crippen LogP contribution in [-0.4, -0.2) is 63.3 Å². The van der Waals surface area contributed by atoms with Gasteiger partial charge in [0.15, 0.2) is 0 Å². The number of aromatic nitrogens is 4. The van der Waals surface area contributed by atoms with E-state index in [9.17, 15) is 4.79 Å². The van der Waals surface area contributed by atoms with Gasteiger partial charge in [0.1, 0.15) is 18.1 Å². The van der Waals surface area contributed by atoms with E-state index in [1.54, 1.807) is 12.4 Å². The Morgan fingerprint density at radius 2 is 1.97 bits per heavy atom. The van der Waals surface area contributed by atoms with E-state index >= 15 is 0 Å². The summed E-state index contributed by atoms with van der Waals surface area (Å²) < 4.78 is 6.07. The van der Waals surface area contributed by atoms with Crippen LogP contribution in [0.2, 0.25) is 0 Å². The molecule has 1 aliphatic heterocycles. The number of fused-ring (bicyclic) bond motifs is 1. The fraction of sp³-hybridized carbons (Fsp3) is 0.429. The molecule has 150 valence electrons. The first-order valence-electron chi connectivity index (χ1n) is 10.1. The predicted molar refractivity (Wildman–Crippen MR) is 109 cm³/mol. The molecule has 0 atom stereocenters. The largest absolute Gasteiger partial charge is 0.474 e. The molecule has 8 nitrogen and oxygen atoms in total. The zero-order chi connectivity index (χ0) is 19.8. The predicted octanol–water partition coefficient (Wildman–Crippen LogP) is 2.56. The average molecular weight is 392 g/mol. The summed E-state index contributed by atoms with van der Waals surface area (Å²) in [5.41, 5.74) is 3.37. The normalized spacial score (nSPS) is 17.4. The maximum absolute atomic E-state index is 12.6. The minimum atomic E-state index is -0.0166. The van der Waals surface area contributed by atoms with E-state index in [1.165, 1.54) is 6.42 Å². The summed E-state index contributed by atoms with van der Waals surface area (Å²) in [5, 5.41) is 7.87. The van der Waals surface area contributed by atoms with Crippen LogP contribution in [-0.2, 0) is 0 Å². The Labute approximate surface area is 168 Å². The highest BCUT2D eigenvalue weighted by Gasteiger charge is 2.25. The highest BCUT2D eigenvalue weighted by atomic mass is 16.5. The van der Waals surface area contributed by atoms with Crippen molar-refractivity contribution in [1.29, 1.82) is 0 Å². The lowest BCUT2D eigenvalue weighted by Gasteiger charge is -2.36. The topological polar surface area (TPSA) is 87.2 Å². The summed E-state index contributed by atoms with van der Waals surface area (Å²) in [4.78, 5) is 25.5. The minimum Gasteiger partial charge on any atom is -0.474 e. The van der Waals surface area contributed by atoms with E-state index in [4.69, 9.17) is 4.74 Å². The van der Waals surface area contributed by atoms with Crippen molar-refractivity contribution >= 4 is 22.5 Å². The molecular weight excluding hydrogens is 368 g/mol. The Hall–Kier alpha value is -3.16. The third-order valence-electron chi connectivity index (χ3n) is 5.77. The van der Waals surface area contributed by atoms with Gasteiger partial charge < -0.3 is 14.5 Å². The highest BCUT2D eigenvalue weighted by Crippen LogP contribution is 2.31. The van der Waals surface area contributed by atoms with Crippen molar-refractivity contribution in [2.24, 2.45) is 0 Å². The van der Waals surface area contributed by atoms with Gasteiger partial charge in [-0.2, -0.15) is 5.10 Å². The van der Waals surface area contributed by atoms with E-state index < -0.39 is 0 Å². The molecule has 2 aliphatic rings. The van der Waals surface area contributed by atoms with Crippen molar-refractivity contribution < 1.29 is 9.53 Å². The molecule has 0 unspecified atom stereocenters. The second kappa shape index (κ2) is 7.35. The van der Waals surface area contributed by atoms with Crippen molar-refractivity contribution in [1.82, 2.24) is 25.1 Å². The first-order valence-corrected chi connectivity index (χ1v) is 10.1. The van der Waals surface area contributed by atoms with Crippen LogP contribution in [0.1, 0.15) is 35.4 Å². The van der Waals surface area contributed by atoms with Crippen LogP contribution in [0.4, 0.5) is 5.69 Å². The minimum absolute atomic E-state index is 0.0166. The van der Waals surface area contributed by atoms with Crippen LogP contribution in [0.5, 0.6) is 5.88 Å². The van der Waals surface area contributed by atoms with E-state index in [1.807, 2.05) is 17.9 Å². The number of carbonyl (C=O) groups excluding carboxylic acids is 1. The van der Waals surface area contributed by atoms with E-state index in [0.717, 1.165) is 48.2 Å². The number of piperazine rings is 1. The van der Waals surface area contributed by atoms with Crippen molar-refractivity contribution in [2.45, 2.75) is 32.3 Å². The maximum atomic E-state index is 12.6. The summed E-state index contributed by atoms with van der Waals surface area (Å²) in [6, 6.07) is 8.00. The number of carbonyl (C=O) groups is 1. The summed E-state index contributed by atoms with van der Waals surface area (Å²) in [7, 11) is 0. The van der Waals surface area contributed by atoms with E-state index in [0.29, 0.717) is 24.7 Å². The molecule has 29 heavy (non-hydrogen) atoms. The van der Waals surface area contributed by atoms with Gasteiger partial charge >= 0.3 is 0 Å². The number of nitrogens with one attached hydrogen (secondary N) is 1. The molecule has 1 aliphatic carbocycles. The molecule has 2 aromatic heterocycles. The van der Waals surface area contributed by atoms with Crippen LogP contribution in [0, 0.1) is 6.92 Å². The molecule has 5 rings (SSSR count). The summed E-state index contributed by atoms with van der Waals surface area (Å²) in [5.74, 6) is 0.654. The second-order valence-electron chi connectivity index (χ2n) is 7.77. The zero-order valence-electron chi connectivity index (χ0n) is 16.5. The molecule has 3 heterocycles. The van der Waals surface area contributed by atoms with E-state index in [2.05, 4.69) is 37.2 Å². The molecule has 1 aromatic carbocycles. The molecular formula is C21H24N6O2. The zero-order valence-corrected chi connectivity index (χ0v) is 16.5. The van der Waals surface area contributed by atoms with Crippen LogP contribution < -0.4 is 9.64 Å². The monoisotopic (exact) mass is 392 g/mol. The van der Waals surface area contributed by atoms with Crippen LogP contribution in [0.25, 0.3) is 10.9 Å². The van der Waals surface area contributed by atoms with Crippen molar-refractivity contribution in [2.75, 3.05) is 31.1 Å². The van der Waals surface area contributed by atoms with Gasteiger partial charge in [-0.15, -0.1) is 0 Å². The van der Waals surface area contributed by atoms with Crippen molar-refractivity contribution in [3.8, 4) is 5.88 Å². The maximum Gasteiger partial charge on any atom is 0.274 e. The molecule has 1 N–H and O–H groups in total. The number of hydrogen-bond donors (Lipinski definition) is 1. The number of H-pyrrole nitrogens is 1. The SMILES string of the molecule is Cc1cc(C(=O)N2CCN(c3ccc4ncnc(OC5CCC5)c4c3)CC2)n[nH]1. The molecule has 1 saturated heterocycles. The number of rotatable bonds is 4. The molecule has 0 spiro atoms. The number of aryl methyl sites for hydroxylation is 1.